The average Bonchev–Trinajstić information content (AvgIpc) is 3.09. The maximum absolute atomic E-state index is 13.1. The number of piperidine rings is 1. The van der Waals surface area contributed by atoms with Crippen molar-refractivity contribution in [1.29, 1.82) is 0 Å². The fourth-order valence-electron chi connectivity index (χ4n) is 4.98. The van der Waals surface area contributed by atoms with Crippen LogP contribution in [-0.4, -0.2) is 36.5 Å². The van der Waals surface area contributed by atoms with Crippen molar-refractivity contribution in [2.75, 3.05) is 19.6 Å². The highest BCUT2D eigenvalue weighted by molar-refractivity contribution is 5.83. The summed E-state index contributed by atoms with van der Waals surface area (Å²) in [5, 5.41) is 3.43. The summed E-state index contributed by atoms with van der Waals surface area (Å²) < 4.78 is 0. The third-order valence-electron chi connectivity index (χ3n) is 6.57. The molecule has 1 aromatic carbocycles. The Morgan fingerprint density at radius 2 is 2.00 bits per heavy atom. The highest BCUT2D eigenvalue weighted by Crippen LogP contribution is 2.59. The summed E-state index contributed by atoms with van der Waals surface area (Å²) in [7, 11) is 0. The van der Waals surface area contributed by atoms with E-state index in [9.17, 15) is 4.79 Å². The van der Waals surface area contributed by atoms with Gasteiger partial charge >= 0.3 is 0 Å². The van der Waals surface area contributed by atoms with Crippen LogP contribution in [0.1, 0.15) is 49.7 Å². The molecule has 0 unspecified atom stereocenters. The lowest BCUT2D eigenvalue weighted by Crippen LogP contribution is -2.38. The first kappa shape index (κ1) is 15.2. The second-order valence-electron chi connectivity index (χ2n) is 8.00. The molecule has 1 saturated carbocycles. The summed E-state index contributed by atoms with van der Waals surface area (Å²) in [6.07, 6.45) is 4.61. The number of nitrogens with zero attached hydrogens (tertiary/aromatic N) is 1. The Bertz CT molecular complexity index is 605. The van der Waals surface area contributed by atoms with Gasteiger partial charge in [0.05, 0.1) is 0 Å². The normalized spacial score (nSPS) is 32.3. The summed E-state index contributed by atoms with van der Waals surface area (Å²) in [6.45, 7) is 7.51. The summed E-state index contributed by atoms with van der Waals surface area (Å²) in [5.74, 6) is 1.26. The molecule has 1 amide bonds. The van der Waals surface area contributed by atoms with Gasteiger partial charge in [0.25, 0.3) is 0 Å². The van der Waals surface area contributed by atoms with Crippen molar-refractivity contribution in [3.63, 3.8) is 0 Å². The second kappa shape index (κ2) is 5.62. The molecule has 1 spiro atoms. The molecule has 23 heavy (non-hydrogen) atoms. The quantitative estimate of drug-likeness (QED) is 0.910. The number of amides is 1. The molecule has 1 aromatic rings. The zero-order valence-electron chi connectivity index (χ0n) is 14.3. The van der Waals surface area contributed by atoms with Crippen molar-refractivity contribution in [3.8, 4) is 0 Å². The van der Waals surface area contributed by atoms with E-state index >= 15 is 0 Å². The fourth-order valence-corrected chi connectivity index (χ4v) is 4.98. The zero-order valence-corrected chi connectivity index (χ0v) is 14.3. The monoisotopic (exact) mass is 312 g/mol. The van der Waals surface area contributed by atoms with Crippen molar-refractivity contribution in [2.45, 2.75) is 51.5 Å². The van der Waals surface area contributed by atoms with Crippen molar-refractivity contribution in [1.82, 2.24) is 10.2 Å². The lowest BCUT2D eigenvalue weighted by Gasteiger charge is -2.27. The van der Waals surface area contributed by atoms with Gasteiger partial charge in [-0.05, 0) is 69.2 Å². The minimum Gasteiger partial charge on any atom is -0.339 e. The van der Waals surface area contributed by atoms with E-state index < -0.39 is 0 Å². The first-order chi connectivity index (χ1) is 11.1. The molecular formula is C20H28N2O. The van der Waals surface area contributed by atoms with Crippen LogP contribution in [0.15, 0.2) is 24.3 Å². The number of carbonyl (C=O) groups excluding carboxylic acids is 1. The van der Waals surface area contributed by atoms with Crippen molar-refractivity contribution in [3.05, 3.63) is 35.4 Å². The first-order valence-corrected chi connectivity index (χ1v) is 9.17. The highest BCUT2D eigenvalue weighted by Gasteiger charge is 2.59. The summed E-state index contributed by atoms with van der Waals surface area (Å²) in [6, 6.07) is 9.04. The molecule has 3 aliphatic rings. The van der Waals surface area contributed by atoms with E-state index in [1.807, 2.05) is 0 Å². The predicted molar refractivity (Wildman–Crippen MR) is 92.4 cm³/mol. The lowest BCUT2D eigenvalue weighted by molar-refractivity contribution is -0.134. The molecule has 0 aromatic heterocycles. The zero-order chi connectivity index (χ0) is 16.0. The van der Waals surface area contributed by atoms with Gasteiger partial charge in [0.1, 0.15) is 0 Å². The van der Waals surface area contributed by atoms with Gasteiger partial charge in [0.15, 0.2) is 0 Å². The Balaban J connectivity index is 1.46. The van der Waals surface area contributed by atoms with E-state index in [0.717, 1.165) is 32.5 Å². The number of nitrogens with one attached hydrogen (secondary N) is 1. The lowest BCUT2D eigenvalue weighted by atomic mass is 9.91. The van der Waals surface area contributed by atoms with E-state index in [4.69, 9.17) is 0 Å². The number of aryl methyl sites for hydroxylation is 1. The molecule has 0 radical (unpaired) electrons. The maximum atomic E-state index is 13.1. The minimum atomic E-state index is 0.308. The maximum Gasteiger partial charge on any atom is 0.226 e. The number of benzene rings is 1. The Labute approximate surface area is 139 Å². The molecule has 2 saturated heterocycles. The third-order valence-corrected chi connectivity index (χ3v) is 6.57. The molecule has 1 aliphatic carbocycles. The van der Waals surface area contributed by atoms with Crippen LogP contribution >= 0.6 is 0 Å². The predicted octanol–water partition coefficient (Wildman–Crippen LogP) is 3.09. The van der Waals surface area contributed by atoms with Crippen LogP contribution in [0.5, 0.6) is 0 Å². The second-order valence-corrected chi connectivity index (χ2v) is 8.00. The molecule has 1 N–H and O–H groups in total. The van der Waals surface area contributed by atoms with Gasteiger partial charge in [-0.25, -0.2) is 0 Å². The standard InChI is InChI=1S/C20H28N2O/c1-14-5-3-4-6-17(14)16-11-15(2)22(13-16)19(23)18-12-20(18)7-9-21-10-8-20/h3-6,15-16,18,21H,7-13H2,1-2H3/t15-,16-,18-/m1/s1. The molecule has 3 atom stereocenters. The molecule has 3 heteroatoms. The van der Waals surface area contributed by atoms with Gasteiger partial charge in [0, 0.05) is 24.4 Å². The summed E-state index contributed by atoms with van der Waals surface area (Å²) in [5.41, 5.74) is 3.14. The number of likely N-dealkylation sites (tertiary alicyclic amines) is 1. The van der Waals surface area contributed by atoms with Crippen LogP contribution in [0.25, 0.3) is 0 Å². The van der Waals surface area contributed by atoms with Gasteiger partial charge < -0.3 is 10.2 Å². The van der Waals surface area contributed by atoms with Crippen molar-refractivity contribution < 1.29 is 4.79 Å². The Hall–Kier alpha value is -1.35. The molecule has 3 fully saturated rings. The van der Waals surface area contributed by atoms with E-state index in [0.29, 0.717) is 29.2 Å². The van der Waals surface area contributed by atoms with Gasteiger partial charge in [-0.1, -0.05) is 24.3 Å². The molecular weight excluding hydrogens is 284 g/mol. The molecule has 2 aliphatic heterocycles. The van der Waals surface area contributed by atoms with E-state index in [2.05, 4.69) is 48.3 Å². The highest BCUT2D eigenvalue weighted by atomic mass is 16.2. The third kappa shape index (κ3) is 2.59. The van der Waals surface area contributed by atoms with Crippen molar-refractivity contribution >= 4 is 5.91 Å². The van der Waals surface area contributed by atoms with Crippen LogP contribution in [0, 0.1) is 18.3 Å². The van der Waals surface area contributed by atoms with Crippen LogP contribution in [-0.2, 0) is 4.79 Å². The van der Waals surface area contributed by atoms with Crippen LogP contribution < -0.4 is 5.32 Å². The molecule has 4 rings (SSSR count). The number of rotatable bonds is 2. The smallest absolute Gasteiger partial charge is 0.226 e. The van der Waals surface area contributed by atoms with E-state index in [-0.39, 0.29) is 0 Å². The molecule has 2 heterocycles. The van der Waals surface area contributed by atoms with E-state index in [1.165, 1.54) is 24.0 Å². The molecule has 3 nitrogen and oxygen atoms in total. The summed E-state index contributed by atoms with van der Waals surface area (Å²) in [4.78, 5) is 15.3. The molecule has 124 valence electrons. The summed E-state index contributed by atoms with van der Waals surface area (Å²) >= 11 is 0. The average molecular weight is 312 g/mol. The Morgan fingerprint density at radius 3 is 2.74 bits per heavy atom. The van der Waals surface area contributed by atoms with Gasteiger partial charge in [0.2, 0.25) is 5.91 Å². The Morgan fingerprint density at radius 1 is 1.26 bits per heavy atom. The topological polar surface area (TPSA) is 32.3 Å². The Kier molecular flexibility index (Phi) is 3.72. The van der Waals surface area contributed by atoms with Gasteiger partial charge in [-0.3, -0.25) is 4.79 Å². The van der Waals surface area contributed by atoms with Crippen LogP contribution in [0.4, 0.5) is 0 Å². The molecule has 0 bridgehead atoms. The number of hydrogen-bond donors (Lipinski definition) is 1. The first-order valence-electron chi connectivity index (χ1n) is 9.17. The van der Waals surface area contributed by atoms with Gasteiger partial charge in [-0.15, -0.1) is 0 Å². The van der Waals surface area contributed by atoms with Gasteiger partial charge in [-0.2, -0.15) is 0 Å². The van der Waals surface area contributed by atoms with Crippen LogP contribution in [0.2, 0.25) is 0 Å². The van der Waals surface area contributed by atoms with Crippen LogP contribution in [0.3, 0.4) is 0 Å². The fraction of sp³-hybridized carbons (Fsp3) is 0.650. The van der Waals surface area contributed by atoms with E-state index in [1.54, 1.807) is 0 Å². The number of carbonyl (C=O) groups is 1. The minimum absolute atomic E-state index is 0.308. The largest absolute Gasteiger partial charge is 0.339 e. The number of hydrogen-bond acceptors (Lipinski definition) is 2. The SMILES string of the molecule is Cc1ccccc1[C@@H]1C[C@@H](C)N(C(=O)[C@H]2CC23CCNCC3)C1. The van der Waals surface area contributed by atoms with Crippen molar-refractivity contribution in [2.24, 2.45) is 11.3 Å².